The Kier molecular flexibility index (Phi) is 10.9. The van der Waals surface area contributed by atoms with Crippen molar-refractivity contribution in [2.24, 2.45) is 0 Å². The number of nitrogens with zero attached hydrogens (tertiary/aromatic N) is 1. The predicted molar refractivity (Wildman–Crippen MR) is 154 cm³/mol. The number of amides is 3. The standard InChI is InChI=1S/C30H33ClF3N3O5/c1-29(2,3)42-28(39)35-14-15-37(27(38)36-22-11-12-24(31)23(17-22)30(32,33)34)18-21-10-13-25(26(16-21)40-4)41-19-20-8-6-5-7-9-20/h5-13,16-17H,14-15,18-19H2,1-4H3,(H,35,39)(H,36,38). The van der Waals surface area contributed by atoms with Crippen LogP contribution in [0.5, 0.6) is 11.5 Å². The minimum atomic E-state index is -4.70. The molecule has 3 aromatic rings. The first-order valence-electron chi connectivity index (χ1n) is 13.0. The van der Waals surface area contributed by atoms with Crippen molar-refractivity contribution in [2.75, 3.05) is 25.5 Å². The number of carbonyl (C=O) groups is 2. The number of nitrogens with one attached hydrogen (secondary N) is 2. The van der Waals surface area contributed by atoms with Gasteiger partial charge in [0.15, 0.2) is 11.5 Å². The van der Waals surface area contributed by atoms with Crippen molar-refractivity contribution in [3.8, 4) is 11.5 Å². The fourth-order valence-corrected chi connectivity index (χ4v) is 3.99. The molecule has 3 amide bonds. The van der Waals surface area contributed by atoms with E-state index >= 15 is 0 Å². The highest BCUT2D eigenvalue weighted by atomic mass is 35.5. The number of hydrogen-bond donors (Lipinski definition) is 2. The summed E-state index contributed by atoms with van der Waals surface area (Å²) in [6, 6.07) is 17.1. The molecule has 0 saturated carbocycles. The van der Waals surface area contributed by atoms with Crippen LogP contribution in [0.15, 0.2) is 66.7 Å². The van der Waals surface area contributed by atoms with Crippen molar-refractivity contribution < 1.29 is 37.0 Å². The van der Waals surface area contributed by atoms with Crippen LogP contribution in [-0.4, -0.2) is 42.8 Å². The van der Waals surface area contributed by atoms with Gasteiger partial charge >= 0.3 is 18.3 Å². The van der Waals surface area contributed by atoms with Crippen LogP contribution in [0, 0.1) is 0 Å². The van der Waals surface area contributed by atoms with E-state index in [1.807, 2.05) is 30.3 Å². The number of urea groups is 1. The van der Waals surface area contributed by atoms with Gasteiger partial charge in [-0.25, -0.2) is 9.59 Å². The van der Waals surface area contributed by atoms with Gasteiger partial charge in [-0.15, -0.1) is 0 Å². The first-order chi connectivity index (χ1) is 19.7. The Balaban J connectivity index is 1.77. The van der Waals surface area contributed by atoms with E-state index in [1.165, 1.54) is 18.1 Å². The molecule has 0 fully saturated rings. The van der Waals surface area contributed by atoms with Gasteiger partial charge in [-0.2, -0.15) is 13.2 Å². The van der Waals surface area contributed by atoms with Crippen LogP contribution in [0.25, 0.3) is 0 Å². The lowest BCUT2D eigenvalue weighted by Gasteiger charge is -2.25. The van der Waals surface area contributed by atoms with E-state index in [0.717, 1.165) is 17.7 Å². The summed E-state index contributed by atoms with van der Waals surface area (Å²) in [5, 5.41) is 4.58. The Morgan fingerprint density at radius 2 is 1.64 bits per heavy atom. The molecule has 42 heavy (non-hydrogen) atoms. The molecule has 3 rings (SSSR count). The van der Waals surface area contributed by atoms with Gasteiger partial charge in [0.2, 0.25) is 0 Å². The zero-order valence-electron chi connectivity index (χ0n) is 23.7. The predicted octanol–water partition coefficient (Wildman–Crippen LogP) is 7.51. The Labute approximate surface area is 247 Å². The molecule has 3 aromatic carbocycles. The van der Waals surface area contributed by atoms with Gasteiger partial charge in [-0.1, -0.05) is 48.0 Å². The average Bonchev–Trinajstić information content (AvgIpc) is 2.91. The summed E-state index contributed by atoms with van der Waals surface area (Å²) in [4.78, 5) is 26.7. The number of methoxy groups -OCH3 is 1. The number of alkyl carbamates (subject to hydrolysis) is 1. The van der Waals surface area contributed by atoms with Crippen LogP contribution < -0.4 is 20.1 Å². The number of benzene rings is 3. The van der Waals surface area contributed by atoms with Crippen molar-refractivity contribution in [3.63, 3.8) is 0 Å². The first-order valence-corrected chi connectivity index (χ1v) is 13.4. The smallest absolute Gasteiger partial charge is 0.417 e. The molecule has 12 heteroatoms. The van der Waals surface area contributed by atoms with Crippen molar-refractivity contribution in [3.05, 3.63) is 88.4 Å². The average molecular weight is 608 g/mol. The van der Waals surface area contributed by atoms with Crippen molar-refractivity contribution >= 4 is 29.4 Å². The topological polar surface area (TPSA) is 89.1 Å². The quantitative estimate of drug-likeness (QED) is 0.249. The Hall–Kier alpha value is -4.12. The number of rotatable bonds is 10. The molecular formula is C30H33ClF3N3O5. The molecule has 0 aromatic heterocycles. The van der Waals surface area contributed by atoms with Gasteiger partial charge in [0.1, 0.15) is 12.2 Å². The second kappa shape index (κ2) is 14.2. The SMILES string of the molecule is COc1cc(CN(CCNC(=O)OC(C)(C)C)C(=O)Nc2ccc(Cl)c(C(F)(F)F)c2)ccc1OCc1ccccc1. The molecule has 0 atom stereocenters. The third-order valence-corrected chi connectivity index (χ3v) is 6.03. The van der Waals surface area contributed by atoms with Crippen LogP contribution in [0.1, 0.15) is 37.5 Å². The minimum absolute atomic E-state index is 0.0133. The molecule has 0 spiro atoms. The largest absolute Gasteiger partial charge is 0.493 e. The molecule has 2 N–H and O–H groups in total. The first kappa shape index (κ1) is 32.4. The van der Waals surface area contributed by atoms with Gasteiger partial charge in [0, 0.05) is 25.3 Å². The minimum Gasteiger partial charge on any atom is -0.493 e. The second-order valence-corrected chi connectivity index (χ2v) is 10.6. The molecular weight excluding hydrogens is 575 g/mol. The summed E-state index contributed by atoms with van der Waals surface area (Å²) >= 11 is 5.71. The number of ether oxygens (including phenoxy) is 3. The number of carbonyl (C=O) groups excluding carboxylic acids is 2. The van der Waals surface area contributed by atoms with Crippen LogP contribution in [0.4, 0.5) is 28.4 Å². The van der Waals surface area contributed by atoms with Crippen molar-refractivity contribution in [1.29, 1.82) is 0 Å². The molecule has 0 saturated heterocycles. The third-order valence-electron chi connectivity index (χ3n) is 5.70. The third kappa shape index (κ3) is 10.1. The van der Waals surface area contributed by atoms with Gasteiger partial charge in [0.05, 0.1) is 17.7 Å². The molecule has 226 valence electrons. The summed E-state index contributed by atoms with van der Waals surface area (Å²) in [5.74, 6) is 0.928. The van der Waals surface area contributed by atoms with E-state index < -0.39 is 34.5 Å². The van der Waals surface area contributed by atoms with E-state index in [2.05, 4.69) is 10.6 Å². The van der Waals surface area contributed by atoms with Crippen LogP contribution in [0.2, 0.25) is 5.02 Å². The highest BCUT2D eigenvalue weighted by Gasteiger charge is 2.33. The van der Waals surface area contributed by atoms with Crippen LogP contribution in [0.3, 0.4) is 0 Å². The maximum Gasteiger partial charge on any atom is 0.417 e. The lowest BCUT2D eigenvalue weighted by Crippen LogP contribution is -2.41. The number of anilines is 1. The molecule has 0 radical (unpaired) electrons. The zero-order chi connectivity index (χ0) is 30.9. The second-order valence-electron chi connectivity index (χ2n) is 10.2. The van der Waals surface area contributed by atoms with Crippen LogP contribution in [-0.2, 0) is 24.1 Å². The molecule has 0 aliphatic carbocycles. The van der Waals surface area contributed by atoms with Gasteiger partial charge in [-0.05, 0) is 62.2 Å². The Morgan fingerprint density at radius 1 is 0.929 bits per heavy atom. The molecule has 0 aliphatic heterocycles. The fourth-order valence-electron chi connectivity index (χ4n) is 3.77. The monoisotopic (exact) mass is 607 g/mol. The van der Waals surface area contributed by atoms with E-state index in [9.17, 15) is 22.8 Å². The summed E-state index contributed by atoms with van der Waals surface area (Å²) in [6.07, 6.45) is -5.37. The highest BCUT2D eigenvalue weighted by Crippen LogP contribution is 2.36. The molecule has 8 nitrogen and oxygen atoms in total. The number of alkyl halides is 3. The van der Waals surface area contributed by atoms with E-state index in [1.54, 1.807) is 39.0 Å². The van der Waals surface area contributed by atoms with Gasteiger partial charge in [0.25, 0.3) is 0 Å². The number of hydrogen-bond acceptors (Lipinski definition) is 5. The summed E-state index contributed by atoms with van der Waals surface area (Å²) in [7, 11) is 1.49. The van der Waals surface area contributed by atoms with Crippen molar-refractivity contribution in [1.82, 2.24) is 10.2 Å². The zero-order valence-corrected chi connectivity index (χ0v) is 24.4. The Morgan fingerprint density at radius 3 is 2.29 bits per heavy atom. The molecule has 0 aliphatic rings. The van der Waals surface area contributed by atoms with Gasteiger partial charge < -0.3 is 29.7 Å². The summed E-state index contributed by atoms with van der Waals surface area (Å²) in [6.45, 7) is 5.54. The maximum absolute atomic E-state index is 13.3. The molecule has 0 unspecified atom stereocenters. The summed E-state index contributed by atoms with van der Waals surface area (Å²) in [5.41, 5.74) is -0.259. The fraction of sp³-hybridized carbons (Fsp3) is 0.333. The highest BCUT2D eigenvalue weighted by molar-refractivity contribution is 6.31. The van der Waals surface area contributed by atoms with Crippen LogP contribution >= 0.6 is 11.6 Å². The van der Waals surface area contributed by atoms with E-state index in [4.69, 9.17) is 25.8 Å². The summed E-state index contributed by atoms with van der Waals surface area (Å²) < 4.78 is 56.7. The van der Waals surface area contributed by atoms with E-state index in [-0.39, 0.29) is 25.3 Å². The lowest BCUT2D eigenvalue weighted by atomic mass is 10.1. The normalized spacial score (nSPS) is 11.4. The molecule has 0 heterocycles. The molecule has 0 bridgehead atoms. The van der Waals surface area contributed by atoms with Crippen molar-refractivity contribution in [2.45, 2.75) is 45.7 Å². The lowest BCUT2D eigenvalue weighted by molar-refractivity contribution is -0.137. The Bertz CT molecular complexity index is 1360. The number of halogens is 4. The maximum atomic E-state index is 13.3. The van der Waals surface area contributed by atoms with E-state index in [0.29, 0.717) is 23.7 Å². The van der Waals surface area contributed by atoms with Gasteiger partial charge in [-0.3, -0.25) is 0 Å².